The first kappa shape index (κ1) is 20.2. The lowest BCUT2D eigenvalue weighted by Gasteiger charge is -2.15. The van der Waals surface area contributed by atoms with Gasteiger partial charge < -0.3 is 5.32 Å². The minimum atomic E-state index is -0.513. The predicted molar refractivity (Wildman–Crippen MR) is 118 cm³/mol. The monoisotopic (exact) mass is 438 g/mol. The SMILES string of the molecule is Cc1ccc(SC2=C(Nc3cccc(Cl)c3)C(=O)N(c3ccc(F)cc3)C2=O)cc1. The van der Waals surface area contributed by atoms with Crippen LogP contribution in [0.25, 0.3) is 0 Å². The number of carbonyl (C=O) groups is 2. The number of amides is 2. The fourth-order valence-electron chi connectivity index (χ4n) is 2.97. The Labute approximate surface area is 182 Å². The Hall–Kier alpha value is -3.09. The van der Waals surface area contributed by atoms with Crippen LogP contribution in [0.2, 0.25) is 5.02 Å². The predicted octanol–water partition coefficient (Wildman–Crippen LogP) is 5.78. The third-order valence-corrected chi connectivity index (χ3v) is 5.79. The molecule has 1 heterocycles. The van der Waals surface area contributed by atoms with Gasteiger partial charge in [-0.05, 0) is 61.5 Å². The van der Waals surface area contributed by atoms with E-state index in [9.17, 15) is 14.0 Å². The Morgan fingerprint density at radius 2 is 1.63 bits per heavy atom. The number of nitrogens with one attached hydrogen (secondary N) is 1. The molecule has 0 aromatic heterocycles. The lowest BCUT2D eigenvalue weighted by Crippen LogP contribution is -2.32. The van der Waals surface area contributed by atoms with Crippen molar-refractivity contribution in [2.45, 2.75) is 11.8 Å². The van der Waals surface area contributed by atoms with Gasteiger partial charge >= 0.3 is 0 Å². The van der Waals surface area contributed by atoms with Crippen molar-refractivity contribution in [1.82, 2.24) is 0 Å². The number of nitrogens with zero attached hydrogens (tertiary/aromatic N) is 1. The maximum Gasteiger partial charge on any atom is 0.283 e. The lowest BCUT2D eigenvalue weighted by atomic mass is 10.2. The van der Waals surface area contributed by atoms with E-state index in [1.54, 1.807) is 24.3 Å². The number of imide groups is 1. The van der Waals surface area contributed by atoms with E-state index in [1.165, 1.54) is 36.0 Å². The molecule has 7 heteroatoms. The van der Waals surface area contributed by atoms with Gasteiger partial charge in [0.05, 0.1) is 5.69 Å². The highest BCUT2D eigenvalue weighted by Gasteiger charge is 2.40. The molecule has 0 fully saturated rings. The smallest absolute Gasteiger partial charge is 0.283 e. The molecule has 0 atom stereocenters. The molecule has 0 bridgehead atoms. The molecule has 1 aliphatic rings. The number of halogens is 2. The zero-order valence-corrected chi connectivity index (χ0v) is 17.4. The van der Waals surface area contributed by atoms with Crippen LogP contribution in [0.15, 0.2) is 88.3 Å². The summed E-state index contributed by atoms with van der Waals surface area (Å²) in [4.78, 5) is 28.5. The maximum absolute atomic E-state index is 13.3. The van der Waals surface area contributed by atoms with Crippen LogP contribution in [-0.2, 0) is 9.59 Å². The van der Waals surface area contributed by atoms with Gasteiger partial charge in [0.15, 0.2) is 0 Å². The molecule has 30 heavy (non-hydrogen) atoms. The van der Waals surface area contributed by atoms with E-state index in [-0.39, 0.29) is 10.6 Å². The number of carbonyl (C=O) groups excluding carboxylic acids is 2. The third-order valence-electron chi connectivity index (χ3n) is 4.46. The fourth-order valence-corrected chi connectivity index (χ4v) is 4.09. The molecule has 1 N–H and O–H groups in total. The molecule has 1 aliphatic heterocycles. The molecule has 0 unspecified atom stereocenters. The molecule has 0 radical (unpaired) electrons. The van der Waals surface area contributed by atoms with Crippen molar-refractivity contribution in [3.8, 4) is 0 Å². The normalized spacial score (nSPS) is 13.9. The molecule has 2 amide bonds. The van der Waals surface area contributed by atoms with Crippen LogP contribution in [0.4, 0.5) is 15.8 Å². The van der Waals surface area contributed by atoms with Crippen LogP contribution in [0, 0.1) is 12.7 Å². The van der Waals surface area contributed by atoms with E-state index in [2.05, 4.69) is 5.32 Å². The Bertz CT molecular complexity index is 1160. The standard InChI is InChI=1S/C23H16ClFN2O2S/c1-14-5-11-19(12-6-14)30-21-20(26-17-4-2-3-15(24)13-17)22(28)27(23(21)29)18-9-7-16(25)8-10-18/h2-13,26H,1H3. The first-order valence-corrected chi connectivity index (χ1v) is 10.3. The van der Waals surface area contributed by atoms with Gasteiger partial charge in [-0.2, -0.15) is 0 Å². The van der Waals surface area contributed by atoms with Crippen molar-refractivity contribution in [3.63, 3.8) is 0 Å². The molecule has 0 aliphatic carbocycles. The van der Waals surface area contributed by atoms with Crippen molar-refractivity contribution in [2.75, 3.05) is 10.2 Å². The van der Waals surface area contributed by atoms with Crippen molar-refractivity contribution in [3.05, 3.63) is 99.8 Å². The Morgan fingerprint density at radius 3 is 2.30 bits per heavy atom. The first-order valence-electron chi connectivity index (χ1n) is 9.08. The molecule has 0 spiro atoms. The quantitative estimate of drug-likeness (QED) is 0.513. The van der Waals surface area contributed by atoms with Crippen LogP contribution in [0.3, 0.4) is 0 Å². The van der Waals surface area contributed by atoms with Gasteiger partial charge in [0.1, 0.15) is 16.4 Å². The zero-order valence-electron chi connectivity index (χ0n) is 15.9. The summed E-state index contributed by atoms with van der Waals surface area (Å²) in [5.74, 6) is -1.43. The highest BCUT2D eigenvalue weighted by molar-refractivity contribution is 8.04. The largest absolute Gasteiger partial charge is 0.350 e. The minimum absolute atomic E-state index is 0.150. The minimum Gasteiger partial charge on any atom is -0.350 e. The Morgan fingerprint density at radius 1 is 0.933 bits per heavy atom. The number of anilines is 2. The summed E-state index contributed by atoms with van der Waals surface area (Å²) in [6.07, 6.45) is 0. The second kappa shape index (κ2) is 8.34. The maximum atomic E-state index is 13.3. The van der Waals surface area contributed by atoms with Crippen LogP contribution >= 0.6 is 23.4 Å². The van der Waals surface area contributed by atoms with E-state index in [0.29, 0.717) is 16.4 Å². The van der Waals surface area contributed by atoms with E-state index in [0.717, 1.165) is 15.4 Å². The summed E-state index contributed by atoms with van der Waals surface area (Å²) in [7, 11) is 0. The van der Waals surface area contributed by atoms with Crippen molar-refractivity contribution >= 4 is 46.6 Å². The van der Waals surface area contributed by atoms with E-state index >= 15 is 0 Å². The highest BCUT2D eigenvalue weighted by atomic mass is 35.5. The average Bonchev–Trinajstić information content (AvgIpc) is 2.94. The second-order valence-electron chi connectivity index (χ2n) is 6.68. The number of hydrogen-bond donors (Lipinski definition) is 1. The average molecular weight is 439 g/mol. The second-order valence-corrected chi connectivity index (χ2v) is 8.20. The molecule has 150 valence electrons. The van der Waals surface area contributed by atoms with E-state index in [4.69, 9.17) is 11.6 Å². The number of rotatable bonds is 5. The summed E-state index contributed by atoms with van der Waals surface area (Å²) < 4.78 is 13.3. The molecule has 0 saturated heterocycles. The third kappa shape index (κ3) is 4.10. The van der Waals surface area contributed by atoms with Crippen molar-refractivity contribution < 1.29 is 14.0 Å². The Balaban J connectivity index is 1.74. The molecular weight excluding hydrogens is 423 g/mol. The molecular formula is C23H16ClFN2O2S. The topological polar surface area (TPSA) is 49.4 Å². The Kier molecular flexibility index (Phi) is 5.61. The molecule has 3 aromatic carbocycles. The van der Waals surface area contributed by atoms with Crippen LogP contribution in [0.5, 0.6) is 0 Å². The van der Waals surface area contributed by atoms with E-state index < -0.39 is 17.6 Å². The number of aryl methyl sites for hydroxylation is 1. The molecule has 4 nitrogen and oxygen atoms in total. The van der Waals surface area contributed by atoms with Crippen molar-refractivity contribution in [2.24, 2.45) is 0 Å². The number of hydrogen-bond acceptors (Lipinski definition) is 4. The summed E-state index contributed by atoms with van der Waals surface area (Å²) in [6.45, 7) is 1.97. The summed E-state index contributed by atoms with van der Waals surface area (Å²) in [5.41, 5.74) is 2.13. The molecule has 4 rings (SSSR count). The molecule has 0 saturated carbocycles. The summed E-state index contributed by atoms with van der Waals surface area (Å²) in [5, 5.41) is 3.54. The lowest BCUT2D eigenvalue weighted by molar-refractivity contribution is -0.120. The summed E-state index contributed by atoms with van der Waals surface area (Å²) >= 11 is 7.26. The molecule has 3 aromatic rings. The van der Waals surface area contributed by atoms with E-state index in [1.807, 2.05) is 31.2 Å². The van der Waals surface area contributed by atoms with Gasteiger partial charge in [-0.25, -0.2) is 9.29 Å². The fraction of sp³-hybridized carbons (Fsp3) is 0.0435. The van der Waals surface area contributed by atoms with Gasteiger partial charge in [-0.3, -0.25) is 9.59 Å². The van der Waals surface area contributed by atoms with Crippen LogP contribution in [0.1, 0.15) is 5.56 Å². The zero-order chi connectivity index (χ0) is 21.3. The van der Waals surface area contributed by atoms with Gasteiger partial charge in [-0.15, -0.1) is 0 Å². The highest BCUT2D eigenvalue weighted by Crippen LogP contribution is 2.38. The van der Waals surface area contributed by atoms with Crippen LogP contribution < -0.4 is 10.2 Å². The van der Waals surface area contributed by atoms with Gasteiger partial charge in [-0.1, -0.05) is 47.1 Å². The number of thioether (sulfide) groups is 1. The van der Waals surface area contributed by atoms with Gasteiger partial charge in [0, 0.05) is 15.6 Å². The van der Waals surface area contributed by atoms with Gasteiger partial charge in [0.25, 0.3) is 11.8 Å². The van der Waals surface area contributed by atoms with Crippen LogP contribution in [-0.4, -0.2) is 11.8 Å². The summed E-state index contributed by atoms with van der Waals surface area (Å²) in [6, 6.07) is 19.8. The number of benzene rings is 3. The first-order chi connectivity index (χ1) is 14.4. The van der Waals surface area contributed by atoms with Crippen molar-refractivity contribution in [1.29, 1.82) is 0 Å². The van der Waals surface area contributed by atoms with Gasteiger partial charge in [0.2, 0.25) is 0 Å².